The first-order chi connectivity index (χ1) is 18.2. The number of piperidine rings is 1. The number of hydrogen-bond acceptors (Lipinski definition) is 5. The molecule has 1 amide bonds. The van der Waals surface area contributed by atoms with Gasteiger partial charge in [-0.2, -0.15) is 15.0 Å². The molecule has 1 fully saturated rings. The summed E-state index contributed by atoms with van der Waals surface area (Å²) in [5.41, 5.74) is 0.809. The van der Waals surface area contributed by atoms with Gasteiger partial charge in [-0.15, -0.1) is 0 Å². The average Bonchev–Trinajstić information content (AvgIpc) is 3.29. The molecule has 3 aromatic rings. The van der Waals surface area contributed by atoms with Crippen molar-refractivity contribution >= 4 is 34.9 Å². The van der Waals surface area contributed by atoms with E-state index in [1.807, 2.05) is 37.3 Å². The number of aromatic nitrogens is 2. The van der Waals surface area contributed by atoms with Gasteiger partial charge in [0.15, 0.2) is 5.69 Å². The van der Waals surface area contributed by atoms with Gasteiger partial charge in [0.1, 0.15) is 17.4 Å². The van der Waals surface area contributed by atoms with Gasteiger partial charge in [-0.3, -0.25) is 9.59 Å². The zero-order chi connectivity index (χ0) is 27.4. The van der Waals surface area contributed by atoms with Gasteiger partial charge < -0.3 is 9.64 Å². The lowest BCUT2D eigenvalue weighted by Crippen LogP contribution is -2.48. The number of nitrogens with zero attached hydrogens (tertiary/aromatic N) is 4. The van der Waals surface area contributed by atoms with Gasteiger partial charge in [-0.1, -0.05) is 73.8 Å². The molecule has 1 unspecified atom stereocenters. The summed E-state index contributed by atoms with van der Waals surface area (Å²) in [6.07, 6.45) is 1.86. The third-order valence-electron chi connectivity index (χ3n) is 7.40. The fourth-order valence-electron chi connectivity index (χ4n) is 4.78. The highest BCUT2D eigenvalue weighted by Crippen LogP contribution is 2.38. The number of ketones is 1. The van der Waals surface area contributed by atoms with E-state index in [0.29, 0.717) is 48.3 Å². The number of rotatable bonds is 8. The molecule has 0 bridgehead atoms. The third-order valence-corrected chi connectivity index (χ3v) is 7.94. The van der Waals surface area contributed by atoms with Crippen LogP contribution < -0.4 is 4.74 Å². The number of hydrogen-bond donors (Lipinski definition) is 0. The Kier molecular flexibility index (Phi) is 8.44. The summed E-state index contributed by atoms with van der Waals surface area (Å²) in [6, 6.07) is 16.7. The average molecular weight is 553 g/mol. The van der Waals surface area contributed by atoms with Crippen molar-refractivity contribution in [2.45, 2.75) is 45.4 Å². The SMILES string of the molecule is CCC(C)COc1c(C#N)c(C(=O)N2CCC(C(C)=O)(c3ccccc3)CC2)nn1-c1ccc(Cl)cc1Cl. The van der Waals surface area contributed by atoms with Gasteiger partial charge in [-0.25, -0.2) is 0 Å². The smallest absolute Gasteiger partial charge is 0.275 e. The van der Waals surface area contributed by atoms with Crippen LogP contribution in [0.25, 0.3) is 5.69 Å². The normalized spacial score (nSPS) is 15.5. The third kappa shape index (κ3) is 5.29. The molecule has 1 atom stereocenters. The number of nitriles is 1. The first kappa shape index (κ1) is 27.7. The van der Waals surface area contributed by atoms with Crippen molar-refractivity contribution in [3.63, 3.8) is 0 Å². The number of amides is 1. The minimum atomic E-state index is -0.642. The highest BCUT2D eigenvalue weighted by Gasteiger charge is 2.42. The van der Waals surface area contributed by atoms with Crippen LogP contribution in [-0.4, -0.2) is 46.1 Å². The van der Waals surface area contributed by atoms with E-state index >= 15 is 0 Å². The number of ether oxygens (including phenoxy) is 1. The number of likely N-dealkylation sites (tertiary alicyclic amines) is 1. The topological polar surface area (TPSA) is 88.2 Å². The molecule has 1 aliphatic heterocycles. The predicted octanol–water partition coefficient (Wildman–Crippen LogP) is 6.24. The summed E-state index contributed by atoms with van der Waals surface area (Å²) >= 11 is 12.6. The highest BCUT2D eigenvalue weighted by molar-refractivity contribution is 6.35. The molecule has 0 radical (unpaired) electrons. The number of benzene rings is 2. The lowest BCUT2D eigenvalue weighted by molar-refractivity contribution is -0.124. The van der Waals surface area contributed by atoms with E-state index in [9.17, 15) is 14.9 Å². The summed E-state index contributed by atoms with van der Waals surface area (Å²) in [6.45, 7) is 6.75. The molecule has 0 saturated carbocycles. The Morgan fingerprint density at radius 3 is 2.42 bits per heavy atom. The first-order valence-electron chi connectivity index (χ1n) is 12.7. The number of carbonyl (C=O) groups is 2. The summed E-state index contributed by atoms with van der Waals surface area (Å²) < 4.78 is 7.47. The van der Waals surface area contributed by atoms with Crippen LogP contribution in [0.2, 0.25) is 10.0 Å². The van der Waals surface area contributed by atoms with Crippen LogP contribution in [0.1, 0.15) is 61.6 Å². The van der Waals surface area contributed by atoms with Gasteiger partial charge in [0.05, 0.1) is 22.7 Å². The van der Waals surface area contributed by atoms with Crippen LogP contribution in [0.15, 0.2) is 48.5 Å². The predicted molar refractivity (Wildman–Crippen MR) is 147 cm³/mol. The van der Waals surface area contributed by atoms with E-state index in [1.165, 1.54) is 4.68 Å². The summed E-state index contributed by atoms with van der Waals surface area (Å²) in [4.78, 5) is 28.2. The Morgan fingerprint density at radius 2 is 1.84 bits per heavy atom. The summed E-state index contributed by atoms with van der Waals surface area (Å²) in [7, 11) is 0. The molecular formula is C29H30Cl2N4O3. The maximum absolute atomic E-state index is 13.7. The molecule has 4 rings (SSSR count). The van der Waals surface area contributed by atoms with Crippen molar-refractivity contribution in [3.05, 3.63) is 75.4 Å². The molecule has 0 spiro atoms. The second kappa shape index (κ2) is 11.6. The molecule has 0 N–H and O–H groups in total. The van der Waals surface area contributed by atoms with E-state index in [1.54, 1.807) is 30.0 Å². The molecule has 1 aliphatic rings. The monoisotopic (exact) mass is 552 g/mol. The zero-order valence-corrected chi connectivity index (χ0v) is 23.2. The van der Waals surface area contributed by atoms with E-state index in [4.69, 9.17) is 27.9 Å². The molecule has 9 heteroatoms. The molecule has 1 saturated heterocycles. The lowest BCUT2D eigenvalue weighted by atomic mass is 9.70. The largest absolute Gasteiger partial charge is 0.476 e. The van der Waals surface area contributed by atoms with Crippen LogP contribution in [0.4, 0.5) is 0 Å². The van der Waals surface area contributed by atoms with E-state index in [2.05, 4.69) is 18.1 Å². The Bertz CT molecular complexity index is 1370. The van der Waals surface area contributed by atoms with Crippen molar-refractivity contribution < 1.29 is 14.3 Å². The summed E-state index contributed by atoms with van der Waals surface area (Å²) in [5, 5.41) is 15.4. The molecule has 2 heterocycles. The van der Waals surface area contributed by atoms with Crippen LogP contribution >= 0.6 is 23.2 Å². The highest BCUT2D eigenvalue weighted by atomic mass is 35.5. The van der Waals surface area contributed by atoms with Crippen LogP contribution in [0.5, 0.6) is 5.88 Å². The molecular weight excluding hydrogens is 523 g/mol. The minimum Gasteiger partial charge on any atom is -0.476 e. The fraction of sp³-hybridized carbons (Fsp3) is 0.379. The Hall–Kier alpha value is -3.34. The molecule has 198 valence electrons. The van der Waals surface area contributed by atoms with Gasteiger partial charge in [0, 0.05) is 18.1 Å². The van der Waals surface area contributed by atoms with Gasteiger partial charge in [0.25, 0.3) is 5.91 Å². The first-order valence-corrected chi connectivity index (χ1v) is 13.4. The van der Waals surface area contributed by atoms with Gasteiger partial charge in [-0.05, 0) is 49.4 Å². The van der Waals surface area contributed by atoms with Crippen molar-refractivity contribution in [3.8, 4) is 17.6 Å². The second-order valence-corrected chi connectivity index (χ2v) is 10.6. The maximum Gasteiger partial charge on any atom is 0.275 e. The molecule has 1 aromatic heterocycles. The molecule has 0 aliphatic carbocycles. The van der Waals surface area contributed by atoms with Crippen molar-refractivity contribution in [1.82, 2.24) is 14.7 Å². The maximum atomic E-state index is 13.7. The van der Waals surface area contributed by atoms with E-state index < -0.39 is 5.41 Å². The van der Waals surface area contributed by atoms with Crippen molar-refractivity contribution in [1.29, 1.82) is 5.26 Å². The van der Waals surface area contributed by atoms with Crippen LogP contribution in [-0.2, 0) is 10.2 Å². The second-order valence-electron chi connectivity index (χ2n) is 9.77. The molecule has 2 aromatic carbocycles. The van der Waals surface area contributed by atoms with Crippen molar-refractivity contribution in [2.75, 3.05) is 19.7 Å². The molecule has 38 heavy (non-hydrogen) atoms. The summed E-state index contributed by atoms with van der Waals surface area (Å²) in [5.74, 6) is 0.0872. The number of carbonyl (C=O) groups excluding carboxylic acids is 2. The Balaban J connectivity index is 1.69. The van der Waals surface area contributed by atoms with Crippen LogP contribution in [0, 0.1) is 17.2 Å². The van der Waals surface area contributed by atoms with E-state index in [-0.39, 0.29) is 34.7 Å². The van der Waals surface area contributed by atoms with Crippen LogP contribution in [0.3, 0.4) is 0 Å². The molecule has 7 nitrogen and oxygen atoms in total. The number of Topliss-reactive ketones (excluding diaryl/α,β-unsaturated/α-hetero) is 1. The fourth-order valence-corrected chi connectivity index (χ4v) is 5.27. The quantitative estimate of drug-likeness (QED) is 0.330. The van der Waals surface area contributed by atoms with Crippen molar-refractivity contribution in [2.24, 2.45) is 5.92 Å². The lowest BCUT2D eigenvalue weighted by Gasteiger charge is -2.40. The standard InChI is InChI=1S/C29H30Cl2N4O3/c1-4-19(2)18-38-28-23(17-32)26(33-35(28)25-11-10-22(30)16-24(25)31)27(37)34-14-12-29(13-15-34,20(3)36)21-8-6-5-7-9-21/h5-11,16,19H,4,12-15,18H2,1-3H3. The Morgan fingerprint density at radius 1 is 1.16 bits per heavy atom. The Labute approximate surface area is 232 Å². The zero-order valence-electron chi connectivity index (χ0n) is 21.7. The van der Waals surface area contributed by atoms with E-state index in [0.717, 1.165) is 12.0 Å². The van der Waals surface area contributed by atoms with Gasteiger partial charge in [0.2, 0.25) is 5.88 Å². The van der Waals surface area contributed by atoms with Gasteiger partial charge >= 0.3 is 0 Å². The minimum absolute atomic E-state index is 0.00676. The number of halogens is 2.